The Kier molecular flexibility index (Phi) is 5.79. The molecule has 1 aliphatic rings. The van der Waals surface area contributed by atoms with Crippen LogP contribution in [0.1, 0.15) is 0 Å². The Labute approximate surface area is 177 Å². The van der Waals surface area contributed by atoms with Crippen molar-refractivity contribution >= 4 is 11.4 Å². The van der Waals surface area contributed by atoms with Gasteiger partial charge in [-0.3, -0.25) is 0 Å². The van der Waals surface area contributed by atoms with Crippen molar-refractivity contribution in [1.29, 1.82) is 0 Å². The van der Waals surface area contributed by atoms with Crippen LogP contribution in [-0.2, 0) is 0 Å². The number of hydrogen-bond acceptors (Lipinski definition) is 5. The zero-order chi connectivity index (χ0) is 21.8. The predicted octanol–water partition coefficient (Wildman–Crippen LogP) is 5.41. The van der Waals surface area contributed by atoms with Crippen LogP contribution in [0.25, 0.3) is 0 Å². The number of hydrogen-bond donors (Lipinski definition) is 1. The zero-order valence-electron chi connectivity index (χ0n) is 16.5. The zero-order valence-corrected chi connectivity index (χ0v) is 16.5. The Morgan fingerprint density at radius 3 is 1.45 bits per heavy atom. The number of phenols is 1. The van der Waals surface area contributed by atoms with Gasteiger partial charge < -0.3 is 24.4 Å². The number of halogens is 3. The number of aromatic hydroxyl groups is 1. The highest BCUT2D eigenvalue weighted by molar-refractivity contribution is 5.54. The molecule has 4 rings (SSSR count). The summed E-state index contributed by atoms with van der Waals surface area (Å²) < 4.78 is 46.3. The number of rotatable bonds is 5. The number of nitrogens with zero attached hydrogens (tertiary/aromatic N) is 2. The normalized spacial score (nSPS) is 14.4. The molecule has 0 spiro atoms. The fourth-order valence-electron chi connectivity index (χ4n) is 3.46. The summed E-state index contributed by atoms with van der Waals surface area (Å²) in [5, 5.41) is 9.43. The lowest BCUT2D eigenvalue weighted by Crippen LogP contribution is -2.46. The Bertz CT molecular complexity index is 983. The predicted molar refractivity (Wildman–Crippen MR) is 112 cm³/mol. The van der Waals surface area contributed by atoms with Crippen molar-refractivity contribution in [2.45, 2.75) is 6.36 Å². The Balaban J connectivity index is 1.32. The second kappa shape index (κ2) is 8.67. The van der Waals surface area contributed by atoms with E-state index in [-0.39, 0.29) is 11.5 Å². The summed E-state index contributed by atoms with van der Waals surface area (Å²) in [5.74, 6) is 0.984. The molecule has 162 valence electrons. The molecule has 0 aromatic heterocycles. The fourth-order valence-corrected chi connectivity index (χ4v) is 3.46. The van der Waals surface area contributed by atoms with Crippen molar-refractivity contribution in [1.82, 2.24) is 0 Å². The molecule has 0 radical (unpaired) electrons. The van der Waals surface area contributed by atoms with Crippen LogP contribution in [0.5, 0.6) is 23.0 Å². The van der Waals surface area contributed by atoms with Gasteiger partial charge in [0.25, 0.3) is 0 Å². The third-order valence-corrected chi connectivity index (χ3v) is 4.99. The van der Waals surface area contributed by atoms with Gasteiger partial charge in [-0.15, -0.1) is 13.2 Å². The molecule has 1 saturated heterocycles. The Hall–Kier alpha value is -3.55. The van der Waals surface area contributed by atoms with Gasteiger partial charge in [-0.25, -0.2) is 0 Å². The Morgan fingerprint density at radius 2 is 1.00 bits per heavy atom. The van der Waals surface area contributed by atoms with Crippen molar-refractivity contribution in [3.63, 3.8) is 0 Å². The maximum Gasteiger partial charge on any atom is 0.573 e. The van der Waals surface area contributed by atoms with Gasteiger partial charge in [0.1, 0.15) is 23.0 Å². The second-order valence-corrected chi connectivity index (χ2v) is 7.11. The molecule has 0 amide bonds. The van der Waals surface area contributed by atoms with Crippen LogP contribution < -0.4 is 19.3 Å². The summed E-state index contributed by atoms with van der Waals surface area (Å²) in [5.41, 5.74) is 2.17. The topological polar surface area (TPSA) is 45.2 Å². The van der Waals surface area contributed by atoms with E-state index in [1.165, 1.54) is 24.3 Å². The van der Waals surface area contributed by atoms with Crippen molar-refractivity contribution in [2.24, 2.45) is 0 Å². The van der Waals surface area contributed by atoms with Gasteiger partial charge in [0.15, 0.2) is 0 Å². The van der Waals surface area contributed by atoms with Crippen LogP contribution in [0.3, 0.4) is 0 Å². The van der Waals surface area contributed by atoms with Crippen molar-refractivity contribution < 1.29 is 27.8 Å². The number of alkyl halides is 3. The van der Waals surface area contributed by atoms with E-state index in [4.69, 9.17) is 4.74 Å². The molecule has 1 N–H and O–H groups in total. The van der Waals surface area contributed by atoms with Crippen molar-refractivity contribution in [2.75, 3.05) is 36.0 Å². The summed E-state index contributed by atoms with van der Waals surface area (Å²) in [6.07, 6.45) is -4.71. The quantitative estimate of drug-likeness (QED) is 0.587. The third-order valence-electron chi connectivity index (χ3n) is 4.99. The first-order chi connectivity index (χ1) is 14.9. The average Bonchev–Trinajstić information content (AvgIpc) is 2.75. The van der Waals surface area contributed by atoms with Gasteiger partial charge in [0.2, 0.25) is 0 Å². The molecule has 3 aromatic carbocycles. The number of piperazine rings is 1. The van der Waals surface area contributed by atoms with Crippen LogP contribution in [0.2, 0.25) is 0 Å². The summed E-state index contributed by atoms with van der Waals surface area (Å²) >= 11 is 0. The molecular formula is C23H21F3N2O3. The molecule has 1 aliphatic heterocycles. The minimum atomic E-state index is -4.71. The maximum atomic E-state index is 12.2. The van der Waals surface area contributed by atoms with E-state index in [1.54, 1.807) is 12.1 Å². The average molecular weight is 430 g/mol. The molecular weight excluding hydrogens is 409 g/mol. The minimum absolute atomic E-state index is 0.260. The molecule has 0 saturated carbocycles. The van der Waals surface area contributed by atoms with E-state index in [9.17, 15) is 18.3 Å². The van der Waals surface area contributed by atoms with E-state index in [2.05, 4.69) is 14.5 Å². The van der Waals surface area contributed by atoms with Crippen molar-refractivity contribution in [3.05, 3.63) is 72.8 Å². The highest BCUT2D eigenvalue weighted by atomic mass is 19.4. The van der Waals surface area contributed by atoms with Crippen LogP contribution in [-0.4, -0.2) is 37.6 Å². The highest BCUT2D eigenvalue weighted by Gasteiger charge is 2.31. The largest absolute Gasteiger partial charge is 0.573 e. The molecule has 0 bridgehead atoms. The standard InChI is InChI=1S/C23H21F3N2O3/c24-23(25,26)31-22-11-9-21(10-12-22)30-20-7-3-18(4-8-20)28-15-13-27(14-16-28)17-1-5-19(29)6-2-17/h1-12,29H,13-16H2. The van der Waals surface area contributed by atoms with E-state index in [0.29, 0.717) is 11.5 Å². The molecule has 31 heavy (non-hydrogen) atoms. The number of benzene rings is 3. The molecule has 5 nitrogen and oxygen atoms in total. The number of ether oxygens (including phenoxy) is 2. The number of anilines is 2. The summed E-state index contributed by atoms with van der Waals surface area (Å²) in [4.78, 5) is 4.56. The minimum Gasteiger partial charge on any atom is -0.508 e. The summed E-state index contributed by atoms with van der Waals surface area (Å²) in [6, 6.07) is 20.1. The first-order valence-electron chi connectivity index (χ1n) is 9.78. The SMILES string of the molecule is Oc1ccc(N2CCN(c3ccc(Oc4ccc(OC(F)(F)F)cc4)cc3)CC2)cc1. The van der Waals surface area contributed by atoms with Crippen LogP contribution in [0.15, 0.2) is 72.8 Å². The summed E-state index contributed by atoms with van der Waals surface area (Å²) in [6.45, 7) is 3.47. The van der Waals surface area contributed by atoms with E-state index < -0.39 is 6.36 Å². The van der Waals surface area contributed by atoms with E-state index >= 15 is 0 Å². The first kappa shape index (κ1) is 20.7. The molecule has 8 heteroatoms. The van der Waals surface area contributed by atoms with Crippen molar-refractivity contribution in [3.8, 4) is 23.0 Å². The molecule has 0 unspecified atom stereocenters. The van der Waals surface area contributed by atoms with E-state index in [1.807, 2.05) is 36.4 Å². The van der Waals surface area contributed by atoms with Gasteiger partial charge in [-0.1, -0.05) is 0 Å². The van der Waals surface area contributed by atoms with Crippen LogP contribution >= 0.6 is 0 Å². The molecule has 0 atom stereocenters. The summed E-state index contributed by atoms with van der Waals surface area (Å²) in [7, 11) is 0. The van der Waals surface area contributed by atoms with Gasteiger partial charge >= 0.3 is 6.36 Å². The molecule has 1 fully saturated rings. The smallest absolute Gasteiger partial charge is 0.508 e. The monoisotopic (exact) mass is 430 g/mol. The van der Waals surface area contributed by atoms with Gasteiger partial charge in [-0.05, 0) is 72.8 Å². The number of phenolic OH excluding ortho intramolecular Hbond substituents is 1. The lowest BCUT2D eigenvalue weighted by atomic mass is 10.2. The van der Waals surface area contributed by atoms with Gasteiger partial charge in [-0.2, -0.15) is 0 Å². The fraction of sp³-hybridized carbons (Fsp3) is 0.217. The van der Waals surface area contributed by atoms with Crippen LogP contribution in [0.4, 0.5) is 24.5 Å². The molecule has 3 aromatic rings. The van der Waals surface area contributed by atoms with Crippen LogP contribution in [0, 0.1) is 0 Å². The van der Waals surface area contributed by atoms with Gasteiger partial charge in [0, 0.05) is 37.6 Å². The lowest BCUT2D eigenvalue weighted by molar-refractivity contribution is -0.274. The second-order valence-electron chi connectivity index (χ2n) is 7.11. The third kappa shape index (κ3) is 5.53. The molecule has 0 aliphatic carbocycles. The Morgan fingerprint density at radius 1 is 0.613 bits per heavy atom. The first-order valence-corrected chi connectivity index (χ1v) is 9.78. The van der Waals surface area contributed by atoms with E-state index in [0.717, 1.165) is 37.6 Å². The lowest BCUT2D eigenvalue weighted by Gasteiger charge is -2.37. The highest BCUT2D eigenvalue weighted by Crippen LogP contribution is 2.29. The van der Waals surface area contributed by atoms with Gasteiger partial charge in [0.05, 0.1) is 0 Å². The molecule has 1 heterocycles. The maximum absolute atomic E-state index is 12.2.